The van der Waals surface area contributed by atoms with Gasteiger partial charge in [0.05, 0.1) is 4.90 Å². The molecule has 0 aliphatic rings. The Kier molecular flexibility index (Phi) is 2.20. The number of hydrogen-bond acceptors (Lipinski definition) is 2. The summed E-state index contributed by atoms with van der Waals surface area (Å²) in [5.41, 5.74) is 0. The van der Waals surface area contributed by atoms with Crippen molar-refractivity contribution in [1.82, 2.24) is 0 Å². The lowest BCUT2D eigenvalue weighted by Crippen LogP contribution is -2.07. The summed E-state index contributed by atoms with van der Waals surface area (Å²) >= 11 is 0. The molecule has 0 aliphatic heterocycles. The van der Waals surface area contributed by atoms with Gasteiger partial charge in [-0.25, -0.2) is 0 Å². The van der Waals surface area contributed by atoms with Crippen LogP contribution in [0.1, 0.15) is 0 Å². The van der Waals surface area contributed by atoms with Gasteiger partial charge in [-0.15, -0.1) is 3.89 Å². The minimum atomic E-state index is -9.98. The third-order valence-corrected chi connectivity index (χ3v) is 3.49. The van der Waals surface area contributed by atoms with Crippen LogP contribution in [-0.4, -0.2) is 8.42 Å². The Morgan fingerprint density at radius 3 is 1.88 bits per heavy atom. The van der Waals surface area contributed by atoms with E-state index in [1.807, 2.05) is 0 Å². The molecular weight excluding hydrogens is 282 g/mol. The Hall–Kier alpha value is -0.900. The van der Waals surface area contributed by atoms with E-state index in [1.54, 1.807) is 0 Å². The van der Waals surface area contributed by atoms with Crippen molar-refractivity contribution in [1.29, 1.82) is 0 Å². The topological polar surface area (TPSA) is 34.1 Å². The average Bonchev–Trinajstić information content (AvgIpc) is 1.99. The molecule has 0 amide bonds. The number of rotatable bonds is 2. The van der Waals surface area contributed by atoms with Crippen molar-refractivity contribution in [3.05, 3.63) is 24.3 Å². The van der Waals surface area contributed by atoms with Crippen LogP contribution in [0.4, 0.5) is 23.3 Å². The van der Waals surface area contributed by atoms with E-state index in [0.717, 1.165) is 0 Å². The second kappa shape index (κ2) is 2.67. The zero-order valence-corrected chi connectivity index (χ0v) is 8.84. The molecule has 10 heteroatoms. The van der Waals surface area contributed by atoms with Gasteiger partial charge in [0.25, 0.3) is 0 Å². The predicted molar refractivity (Wildman–Crippen MR) is 46.1 cm³/mol. The minimum absolute atomic E-state index is 0.0176. The highest BCUT2D eigenvalue weighted by molar-refractivity contribution is 8.45. The summed E-state index contributed by atoms with van der Waals surface area (Å²) in [6, 6.07) is 0.384. The highest BCUT2D eigenvalue weighted by Crippen LogP contribution is 3.02. The standard InChI is InChI=1S/C6H4F6O2S2/c7-15(13,14)5-2-1-3-6(4-5)16(8,9,10,11)12/h1-4H. The van der Waals surface area contributed by atoms with Gasteiger partial charge in [0, 0.05) is 0 Å². The van der Waals surface area contributed by atoms with Gasteiger partial charge in [-0.05, 0) is 18.2 Å². The second-order valence-corrected chi connectivity index (χ2v) is 6.64. The van der Waals surface area contributed by atoms with E-state index < -0.39 is 36.3 Å². The molecule has 0 saturated carbocycles. The molecule has 0 spiro atoms. The van der Waals surface area contributed by atoms with Crippen LogP contribution in [-0.2, 0) is 10.2 Å². The van der Waals surface area contributed by atoms with Crippen LogP contribution in [0.2, 0.25) is 0 Å². The maximum absolute atomic E-state index is 12.3. The van der Waals surface area contributed by atoms with Crippen molar-refractivity contribution < 1.29 is 31.7 Å². The molecule has 0 aliphatic carbocycles. The summed E-state index contributed by atoms with van der Waals surface area (Å²) in [7, 11) is -15.4. The van der Waals surface area contributed by atoms with Crippen molar-refractivity contribution >= 4 is 20.4 Å². The highest BCUT2D eigenvalue weighted by atomic mass is 32.5. The van der Waals surface area contributed by atoms with Crippen LogP contribution < -0.4 is 0 Å². The first-order valence-electron chi connectivity index (χ1n) is 3.49. The Labute approximate surface area is 86.8 Å². The molecule has 0 heterocycles. The van der Waals surface area contributed by atoms with Crippen LogP contribution in [0.3, 0.4) is 0 Å². The first kappa shape index (κ1) is 13.2. The fourth-order valence-electron chi connectivity index (χ4n) is 0.866. The first-order chi connectivity index (χ1) is 6.70. The van der Waals surface area contributed by atoms with Crippen LogP contribution in [0.5, 0.6) is 0 Å². The quantitative estimate of drug-likeness (QED) is 0.608. The van der Waals surface area contributed by atoms with Gasteiger partial charge < -0.3 is 0 Å². The van der Waals surface area contributed by atoms with Gasteiger partial charge in [-0.1, -0.05) is 25.5 Å². The summed E-state index contributed by atoms with van der Waals surface area (Å²) < 4.78 is 93.8. The number of benzene rings is 1. The van der Waals surface area contributed by atoms with E-state index in [9.17, 15) is 31.7 Å². The zero-order chi connectivity index (χ0) is 12.9. The third-order valence-electron chi connectivity index (χ3n) is 1.53. The van der Waals surface area contributed by atoms with Crippen molar-refractivity contribution in [2.24, 2.45) is 0 Å². The number of hydrogen-bond donors (Lipinski definition) is 0. The Bertz CT molecular complexity index is 531. The highest BCUT2D eigenvalue weighted by Gasteiger charge is 2.65. The van der Waals surface area contributed by atoms with Crippen molar-refractivity contribution in [3.8, 4) is 0 Å². The lowest BCUT2D eigenvalue weighted by atomic mass is 10.4. The molecule has 0 saturated heterocycles. The molecule has 2 nitrogen and oxygen atoms in total. The summed E-state index contributed by atoms with van der Waals surface area (Å²) in [5.74, 6) is 0. The molecule has 0 radical (unpaired) electrons. The molecule has 0 unspecified atom stereocenters. The summed E-state index contributed by atoms with van der Waals surface area (Å²) in [6.07, 6.45) is 0. The van der Waals surface area contributed by atoms with Gasteiger partial charge >= 0.3 is 20.4 Å². The molecule has 0 aromatic heterocycles. The fourth-order valence-corrected chi connectivity index (χ4v) is 2.13. The monoisotopic (exact) mass is 286 g/mol. The second-order valence-electron chi connectivity index (χ2n) is 2.88. The molecule has 0 N–H and O–H groups in total. The normalized spacial score (nSPS) is 17.6. The molecule has 1 aromatic carbocycles. The average molecular weight is 286 g/mol. The molecule has 94 valence electrons. The summed E-state index contributed by atoms with van der Waals surface area (Å²) in [6.45, 7) is 0. The summed E-state index contributed by atoms with van der Waals surface area (Å²) in [4.78, 5) is -3.91. The minimum Gasteiger partial charge on any atom is -0.189 e. The maximum atomic E-state index is 12.3. The Balaban J connectivity index is 3.55. The predicted octanol–water partition coefficient (Wildman–Crippen LogP) is 4.00. The van der Waals surface area contributed by atoms with E-state index >= 15 is 0 Å². The maximum Gasteiger partial charge on any atom is 0.332 e. The molecule has 0 bridgehead atoms. The van der Waals surface area contributed by atoms with Crippen molar-refractivity contribution in [2.45, 2.75) is 9.79 Å². The Morgan fingerprint density at radius 2 is 1.50 bits per heavy atom. The lowest BCUT2D eigenvalue weighted by molar-refractivity contribution is 0.363. The molecule has 0 atom stereocenters. The molecule has 16 heavy (non-hydrogen) atoms. The van der Waals surface area contributed by atoms with Crippen LogP contribution >= 0.6 is 10.2 Å². The van der Waals surface area contributed by atoms with Gasteiger partial charge in [-0.3, -0.25) is 0 Å². The van der Waals surface area contributed by atoms with E-state index in [-0.39, 0.29) is 6.07 Å². The largest absolute Gasteiger partial charge is 0.332 e. The van der Waals surface area contributed by atoms with E-state index in [2.05, 4.69) is 0 Å². The van der Waals surface area contributed by atoms with E-state index in [4.69, 9.17) is 0 Å². The zero-order valence-electron chi connectivity index (χ0n) is 7.21. The lowest BCUT2D eigenvalue weighted by Gasteiger charge is -2.40. The van der Waals surface area contributed by atoms with Crippen molar-refractivity contribution in [2.75, 3.05) is 0 Å². The summed E-state index contributed by atoms with van der Waals surface area (Å²) in [5, 5.41) is 0. The molecular formula is C6H4F6O2S2. The molecule has 0 fully saturated rings. The van der Waals surface area contributed by atoms with E-state index in [0.29, 0.717) is 12.1 Å². The third kappa shape index (κ3) is 3.04. The van der Waals surface area contributed by atoms with Crippen molar-refractivity contribution in [3.63, 3.8) is 0 Å². The van der Waals surface area contributed by atoms with Gasteiger partial charge in [-0.2, -0.15) is 8.42 Å². The van der Waals surface area contributed by atoms with Gasteiger partial charge in [0.1, 0.15) is 4.90 Å². The van der Waals surface area contributed by atoms with Gasteiger partial charge in [0.15, 0.2) is 0 Å². The molecule has 1 rings (SSSR count). The van der Waals surface area contributed by atoms with Crippen LogP contribution in [0.15, 0.2) is 34.1 Å². The molecule has 1 aromatic rings. The van der Waals surface area contributed by atoms with Crippen LogP contribution in [0.25, 0.3) is 0 Å². The SMILES string of the molecule is O=S(=O)(F)c1cccc(S(F)(F)(F)(F)F)c1. The fraction of sp³-hybridized carbons (Fsp3) is 0. The smallest absolute Gasteiger partial charge is 0.189 e. The van der Waals surface area contributed by atoms with Crippen LogP contribution in [0, 0.1) is 0 Å². The van der Waals surface area contributed by atoms with E-state index in [1.165, 1.54) is 0 Å². The first-order valence-corrected chi connectivity index (χ1v) is 6.82. The van der Waals surface area contributed by atoms with Gasteiger partial charge in [0.2, 0.25) is 0 Å². The number of halogens is 6. The Morgan fingerprint density at radius 1 is 1.00 bits per heavy atom.